The third-order valence-electron chi connectivity index (χ3n) is 2.39. The van der Waals surface area contributed by atoms with Gasteiger partial charge in [-0.1, -0.05) is 0 Å². The van der Waals surface area contributed by atoms with Gasteiger partial charge in [0.2, 0.25) is 0 Å². The van der Waals surface area contributed by atoms with Crippen LogP contribution < -0.4 is 5.32 Å². The molecule has 0 spiro atoms. The first-order valence-corrected chi connectivity index (χ1v) is 4.00. The Bertz CT molecular complexity index is 217. The van der Waals surface area contributed by atoms with Crippen LogP contribution in [0.5, 0.6) is 0 Å². The average Bonchev–Trinajstić information content (AvgIpc) is 2.33. The summed E-state index contributed by atoms with van der Waals surface area (Å²) in [5.41, 5.74) is 0. The van der Waals surface area contributed by atoms with E-state index in [0.717, 1.165) is 6.54 Å². The van der Waals surface area contributed by atoms with E-state index in [1.807, 2.05) is 0 Å². The number of urea groups is 1. The number of carbonyl (C=O) groups excluding carboxylic acids is 2. The topological polar surface area (TPSA) is 52.7 Å². The van der Waals surface area contributed by atoms with E-state index in [4.69, 9.17) is 0 Å². The highest BCUT2D eigenvalue weighted by Crippen LogP contribution is 2.16. The molecule has 0 aromatic heterocycles. The second-order valence-electron chi connectivity index (χ2n) is 3.09. The fourth-order valence-corrected chi connectivity index (χ4v) is 1.66. The second kappa shape index (κ2) is 2.45. The normalized spacial score (nSPS) is 29.6. The van der Waals surface area contributed by atoms with Crippen molar-refractivity contribution in [2.24, 2.45) is 0 Å². The van der Waals surface area contributed by atoms with Gasteiger partial charge in [-0.2, -0.15) is 0 Å². The molecule has 12 heavy (non-hydrogen) atoms. The highest BCUT2D eigenvalue weighted by Gasteiger charge is 2.43. The minimum Gasteiger partial charge on any atom is -0.312 e. The molecule has 3 amide bonds. The minimum absolute atomic E-state index is 0.0906. The van der Waals surface area contributed by atoms with Gasteiger partial charge in [-0.05, 0) is 0 Å². The Hall–Kier alpha value is -1.10. The van der Waals surface area contributed by atoms with Gasteiger partial charge in [0, 0.05) is 26.7 Å². The summed E-state index contributed by atoms with van der Waals surface area (Å²) in [4.78, 5) is 25.5. The van der Waals surface area contributed by atoms with Crippen molar-refractivity contribution >= 4 is 11.9 Å². The number of likely N-dealkylation sites (N-methyl/N-ethyl adjacent to an activating group) is 1. The lowest BCUT2D eigenvalue weighted by Gasteiger charge is -2.26. The molecule has 2 rings (SSSR count). The van der Waals surface area contributed by atoms with Crippen LogP contribution in [0.25, 0.3) is 0 Å². The molecule has 2 aliphatic rings. The fraction of sp³-hybridized carbons (Fsp3) is 0.714. The summed E-state index contributed by atoms with van der Waals surface area (Å²) in [6.45, 7) is 2.01. The van der Waals surface area contributed by atoms with Crippen molar-refractivity contribution in [2.75, 3.05) is 26.7 Å². The lowest BCUT2D eigenvalue weighted by Crippen LogP contribution is -2.51. The molecule has 1 N–H and O–H groups in total. The zero-order chi connectivity index (χ0) is 8.72. The van der Waals surface area contributed by atoms with Gasteiger partial charge in [0.05, 0.1) is 0 Å². The van der Waals surface area contributed by atoms with Gasteiger partial charge in [-0.25, -0.2) is 4.79 Å². The number of imide groups is 1. The lowest BCUT2D eigenvalue weighted by molar-refractivity contribution is -0.127. The molecule has 2 fully saturated rings. The molecular weight excluding hydrogens is 158 g/mol. The van der Waals surface area contributed by atoms with E-state index in [2.05, 4.69) is 5.32 Å². The number of piperazine rings is 1. The average molecular weight is 169 g/mol. The van der Waals surface area contributed by atoms with E-state index in [1.165, 1.54) is 11.9 Å². The van der Waals surface area contributed by atoms with Gasteiger partial charge in [-0.15, -0.1) is 0 Å². The predicted octanol–water partition coefficient (Wildman–Crippen LogP) is -1.15. The van der Waals surface area contributed by atoms with Crippen LogP contribution in [0.4, 0.5) is 4.79 Å². The van der Waals surface area contributed by atoms with E-state index < -0.39 is 0 Å². The maximum Gasteiger partial charge on any atom is 0.327 e. The molecule has 2 aliphatic heterocycles. The molecule has 66 valence electrons. The summed E-state index contributed by atoms with van der Waals surface area (Å²) in [7, 11) is 1.53. The van der Waals surface area contributed by atoms with Gasteiger partial charge in [0.25, 0.3) is 5.91 Å². The number of hydrogen-bond donors (Lipinski definition) is 1. The Morgan fingerprint density at radius 2 is 2.25 bits per heavy atom. The monoisotopic (exact) mass is 169 g/mol. The Balaban J connectivity index is 2.25. The SMILES string of the molecule is CN1C(=O)[C@H]2CNCCN2C1=O. The van der Waals surface area contributed by atoms with Crippen molar-refractivity contribution in [1.82, 2.24) is 15.1 Å². The smallest absolute Gasteiger partial charge is 0.312 e. The summed E-state index contributed by atoms with van der Waals surface area (Å²) in [5.74, 6) is -0.0906. The van der Waals surface area contributed by atoms with Gasteiger partial charge < -0.3 is 10.2 Å². The molecule has 0 radical (unpaired) electrons. The third-order valence-corrected chi connectivity index (χ3v) is 2.39. The molecule has 0 aromatic carbocycles. The van der Waals surface area contributed by atoms with E-state index in [-0.39, 0.29) is 18.0 Å². The number of fused-ring (bicyclic) bond motifs is 1. The Kier molecular flexibility index (Phi) is 1.54. The van der Waals surface area contributed by atoms with Crippen molar-refractivity contribution in [1.29, 1.82) is 0 Å². The predicted molar refractivity (Wildman–Crippen MR) is 41.5 cm³/mol. The van der Waals surface area contributed by atoms with Crippen LogP contribution >= 0.6 is 0 Å². The van der Waals surface area contributed by atoms with Gasteiger partial charge in [0.15, 0.2) is 0 Å². The number of hydrogen-bond acceptors (Lipinski definition) is 3. The number of rotatable bonds is 0. The van der Waals surface area contributed by atoms with Crippen LogP contribution in [-0.4, -0.2) is 54.5 Å². The molecule has 0 unspecified atom stereocenters. The Morgan fingerprint density at radius 3 is 2.92 bits per heavy atom. The standard InChI is InChI=1S/C7H11N3O2/c1-9-6(11)5-4-8-2-3-10(5)7(9)12/h5,8H,2-4H2,1H3/t5-/m1/s1. The summed E-state index contributed by atoms with van der Waals surface area (Å²) in [6, 6.07) is -0.414. The van der Waals surface area contributed by atoms with E-state index >= 15 is 0 Å². The quantitative estimate of drug-likeness (QED) is 0.466. The molecular formula is C7H11N3O2. The zero-order valence-corrected chi connectivity index (χ0v) is 6.91. The highest BCUT2D eigenvalue weighted by molar-refractivity contribution is 6.04. The third kappa shape index (κ3) is 0.828. The number of carbonyl (C=O) groups is 2. The molecule has 1 atom stereocenters. The largest absolute Gasteiger partial charge is 0.327 e. The van der Waals surface area contributed by atoms with Gasteiger partial charge in [-0.3, -0.25) is 9.69 Å². The van der Waals surface area contributed by atoms with Gasteiger partial charge in [0.1, 0.15) is 6.04 Å². The molecule has 0 saturated carbocycles. The highest BCUT2D eigenvalue weighted by atomic mass is 16.2. The zero-order valence-electron chi connectivity index (χ0n) is 6.91. The van der Waals surface area contributed by atoms with Crippen LogP contribution in [-0.2, 0) is 4.79 Å². The molecule has 0 bridgehead atoms. The summed E-state index contributed by atoms with van der Waals surface area (Å²) in [5, 5.41) is 3.09. The summed E-state index contributed by atoms with van der Waals surface area (Å²) >= 11 is 0. The number of amides is 3. The maximum absolute atomic E-state index is 11.4. The van der Waals surface area contributed by atoms with Crippen molar-refractivity contribution < 1.29 is 9.59 Å². The van der Waals surface area contributed by atoms with Crippen molar-refractivity contribution in [3.05, 3.63) is 0 Å². The number of nitrogens with zero attached hydrogens (tertiary/aromatic N) is 2. The summed E-state index contributed by atoms with van der Waals surface area (Å²) < 4.78 is 0. The van der Waals surface area contributed by atoms with Crippen LogP contribution in [0.3, 0.4) is 0 Å². The van der Waals surface area contributed by atoms with Crippen LogP contribution in [0.1, 0.15) is 0 Å². The van der Waals surface area contributed by atoms with Crippen LogP contribution in [0.2, 0.25) is 0 Å². The Morgan fingerprint density at radius 1 is 1.50 bits per heavy atom. The first kappa shape index (κ1) is 7.54. The fourth-order valence-electron chi connectivity index (χ4n) is 1.66. The second-order valence-corrected chi connectivity index (χ2v) is 3.09. The number of nitrogens with one attached hydrogen (secondary N) is 1. The maximum atomic E-state index is 11.4. The van der Waals surface area contributed by atoms with Crippen LogP contribution in [0, 0.1) is 0 Å². The summed E-state index contributed by atoms with van der Waals surface area (Å²) in [6.07, 6.45) is 0. The van der Waals surface area contributed by atoms with Crippen molar-refractivity contribution in [3.63, 3.8) is 0 Å². The van der Waals surface area contributed by atoms with E-state index in [0.29, 0.717) is 13.1 Å². The Labute approximate surface area is 70.3 Å². The van der Waals surface area contributed by atoms with E-state index in [1.54, 1.807) is 4.90 Å². The molecule has 0 aromatic rings. The van der Waals surface area contributed by atoms with Crippen molar-refractivity contribution in [2.45, 2.75) is 6.04 Å². The van der Waals surface area contributed by atoms with E-state index in [9.17, 15) is 9.59 Å². The first-order valence-electron chi connectivity index (χ1n) is 4.00. The molecule has 5 nitrogen and oxygen atoms in total. The van der Waals surface area contributed by atoms with Gasteiger partial charge >= 0.3 is 6.03 Å². The lowest BCUT2D eigenvalue weighted by atomic mass is 10.2. The van der Waals surface area contributed by atoms with Crippen LogP contribution in [0.15, 0.2) is 0 Å². The molecule has 2 heterocycles. The molecule has 2 saturated heterocycles. The molecule has 0 aliphatic carbocycles. The van der Waals surface area contributed by atoms with Crippen molar-refractivity contribution in [3.8, 4) is 0 Å². The minimum atomic E-state index is -0.253. The molecule has 5 heteroatoms. The first-order chi connectivity index (χ1) is 5.72.